The van der Waals surface area contributed by atoms with E-state index in [1.54, 1.807) is 0 Å². The minimum Gasteiger partial charge on any atom is -0.364 e. The number of anilines is 1. The summed E-state index contributed by atoms with van der Waals surface area (Å²) in [5.41, 5.74) is 5.97. The summed E-state index contributed by atoms with van der Waals surface area (Å²) in [7, 11) is 0. The molecule has 4 rings (SSSR count). The molecule has 1 aliphatic rings. The fraction of sp³-hybridized carbons (Fsp3) is 0.381. The van der Waals surface area contributed by atoms with Crippen LogP contribution in [0.3, 0.4) is 0 Å². The molecule has 6 heteroatoms. The molecule has 1 aliphatic heterocycles. The van der Waals surface area contributed by atoms with Crippen LogP contribution < -0.4 is 10.6 Å². The van der Waals surface area contributed by atoms with Crippen molar-refractivity contribution in [1.29, 1.82) is 0 Å². The summed E-state index contributed by atoms with van der Waals surface area (Å²) in [5.74, 6) is 1.01. The number of H-pyrrole nitrogens is 1. The molecule has 0 fully saturated rings. The van der Waals surface area contributed by atoms with Crippen LogP contribution in [0.1, 0.15) is 55.4 Å². The lowest BCUT2D eigenvalue weighted by Crippen LogP contribution is -2.33. The number of benzene rings is 1. The number of nitrogens with zero attached hydrogens (tertiary/aromatic N) is 2. The number of carbonyl (C=O) groups excluding carboxylic acids is 1. The van der Waals surface area contributed by atoms with Gasteiger partial charge in [-0.1, -0.05) is 19.1 Å². The Morgan fingerprint density at radius 2 is 1.96 bits per heavy atom. The van der Waals surface area contributed by atoms with Crippen molar-refractivity contribution in [3.63, 3.8) is 0 Å². The Morgan fingerprint density at radius 3 is 2.67 bits per heavy atom. The quantitative estimate of drug-likeness (QED) is 0.643. The van der Waals surface area contributed by atoms with Gasteiger partial charge >= 0.3 is 0 Å². The summed E-state index contributed by atoms with van der Waals surface area (Å²) >= 11 is 0. The maximum Gasteiger partial charge on any atom is 0.253 e. The van der Waals surface area contributed by atoms with E-state index < -0.39 is 0 Å². The van der Waals surface area contributed by atoms with E-state index in [1.807, 2.05) is 31.2 Å². The second-order valence-corrected chi connectivity index (χ2v) is 8.33. The Balaban J connectivity index is 1.89. The normalized spacial score (nSPS) is 16.9. The Kier molecular flexibility index (Phi) is 3.94. The number of fused-ring (bicyclic) bond motifs is 2. The SMILES string of the molecule is Cc1nc2cccc(-c3cc4c([nH]3)[C@H](C)CNC4=O)c2nc1NC(C)(C)C. The summed E-state index contributed by atoms with van der Waals surface area (Å²) < 4.78 is 0. The smallest absolute Gasteiger partial charge is 0.253 e. The molecule has 6 nitrogen and oxygen atoms in total. The number of hydrogen-bond donors (Lipinski definition) is 3. The first-order valence-electron chi connectivity index (χ1n) is 9.30. The van der Waals surface area contributed by atoms with Gasteiger partial charge in [0.2, 0.25) is 0 Å². The van der Waals surface area contributed by atoms with Gasteiger partial charge in [0.15, 0.2) is 0 Å². The van der Waals surface area contributed by atoms with Gasteiger partial charge in [0, 0.05) is 35.0 Å². The van der Waals surface area contributed by atoms with Gasteiger partial charge in [-0.2, -0.15) is 0 Å². The fourth-order valence-corrected chi connectivity index (χ4v) is 3.49. The van der Waals surface area contributed by atoms with Crippen molar-refractivity contribution in [2.24, 2.45) is 0 Å². The molecule has 0 spiro atoms. The van der Waals surface area contributed by atoms with Gasteiger partial charge in [0.1, 0.15) is 11.3 Å². The lowest BCUT2D eigenvalue weighted by molar-refractivity contribution is 0.0941. The van der Waals surface area contributed by atoms with Crippen molar-refractivity contribution in [3.8, 4) is 11.3 Å². The number of nitrogens with one attached hydrogen (secondary N) is 3. The molecule has 3 heterocycles. The highest BCUT2D eigenvalue weighted by Crippen LogP contribution is 2.32. The first-order valence-corrected chi connectivity index (χ1v) is 9.30. The molecule has 0 unspecified atom stereocenters. The van der Waals surface area contributed by atoms with Gasteiger partial charge in [0.25, 0.3) is 5.91 Å². The average Bonchev–Trinajstić information content (AvgIpc) is 3.04. The van der Waals surface area contributed by atoms with Gasteiger partial charge in [-0.05, 0) is 39.8 Å². The number of hydrogen-bond acceptors (Lipinski definition) is 4. The molecule has 3 N–H and O–H groups in total. The van der Waals surface area contributed by atoms with E-state index in [1.165, 1.54) is 0 Å². The summed E-state index contributed by atoms with van der Waals surface area (Å²) in [6.45, 7) is 11.0. The van der Waals surface area contributed by atoms with Crippen LogP contribution in [0, 0.1) is 6.92 Å². The molecule has 0 saturated carbocycles. The van der Waals surface area contributed by atoms with Crippen LogP contribution in [0.2, 0.25) is 0 Å². The van der Waals surface area contributed by atoms with Crippen molar-refractivity contribution in [3.05, 3.63) is 41.2 Å². The molecular weight excluding hydrogens is 338 g/mol. The second-order valence-electron chi connectivity index (χ2n) is 8.33. The van der Waals surface area contributed by atoms with Crippen LogP contribution in [0.4, 0.5) is 5.82 Å². The van der Waals surface area contributed by atoms with E-state index in [9.17, 15) is 4.79 Å². The van der Waals surface area contributed by atoms with E-state index in [4.69, 9.17) is 9.97 Å². The minimum absolute atomic E-state index is 0.0251. The number of para-hydroxylation sites is 1. The van der Waals surface area contributed by atoms with Crippen LogP contribution >= 0.6 is 0 Å². The number of aromatic amines is 1. The molecule has 1 atom stereocenters. The standard InChI is InChI=1S/C21H25N5O/c1-11-10-22-20(27)14-9-16(24-17(11)14)13-7-6-8-15-18(13)25-19(12(2)23-15)26-21(3,4)5/h6-9,11,24H,10H2,1-5H3,(H,22,27)(H,25,26)/t11-/m1/s1. The van der Waals surface area contributed by atoms with Gasteiger partial charge in [-0.25, -0.2) is 9.97 Å². The van der Waals surface area contributed by atoms with Crippen LogP contribution in [0.15, 0.2) is 24.3 Å². The third-order valence-corrected chi connectivity index (χ3v) is 4.81. The summed E-state index contributed by atoms with van der Waals surface area (Å²) in [5, 5.41) is 6.37. The molecule has 27 heavy (non-hydrogen) atoms. The maximum absolute atomic E-state index is 12.2. The van der Waals surface area contributed by atoms with Crippen molar-refractivity contribution < 1.29 is 4.79 Å². The van der Waals surface area contributed by atoms with E-state index in [0.717, 1.165) is 39.5 Å². The van der Waals surface area contributed by atoms with Gasteiger partial charge in [0.05, 0.1) is 16.8 Å². The van der Waals surface area contributed by atoms with E-state index in [-0.39, 0.29) is 17.4 Å². The first-order chi connectivity index (χ1) is 12.7. The largest absolute Gasteiger partial charge is 0.364 e. The summed E-state index contributed by atoms with van der Waals surface area (Å²) in [6, 6.07) is 7.89. The van der Waals surface area contributed by atoms with Crippen molar-refractivity contribution in [2.45, 2.75) is 46.1 Å². The zero-order valence-electron chi connectivity index (χ0n) is 16.4. The number of amides is 1. The fourth-order valence-electron chi connectivity index (χ4n) is 3.49. The third kappa shape index (κ3) is 3.16. The lowest BCUT2D eigenvalue weighted by Gasteiger charge is -2.22. The number of aromatic nitrogens is 3. The van der Waals surface area contributed by atoms with E-state index in [0.29, 0.717) is 12.1 Å². The average molecular weight is 363 g/mol. The minimum atomic E-state index is -0.110. The van der Waals surface area contributed by atoms with E-state index >= 15 is 0 Å². The number of aryl methyl sites for hydroxylation is 1. The zero-order chi connectivity index (χ0) is 19.3. The Labute approximate surface area is 158 Å². The monoisotopic (exact) mass is 363 g/mol. The first kappa shape index (κ1) is 17.5. The maximum atomic E-state index is 12.2. The second kappa shape index (κ2) is 6.08. The Morgan fingerprint density at radius 1 is 1.19 bits per heavy atom. The molecule has 0 bridgehead atoms. The predicted molar refractivity (Wildman–Crippen MR) is 108 cm³/mol. The zero-order valence-corrected chi connectivity index (χ0v) is 16.4. The van der Waals surface area contributed by atoms with Gasteiger partial charge in [-0.3, -0.25) is 4.79 Å². The topological polar surface area (TPSA) is 82.7 Å². The lowest BCUT2D eigenvalue weighted by atomic mass is 9.99. The van der Waals surface area contributed by atoms with Gasteiger partial charge < -0.3 is 15.6 Å². The highest BCUT2D eigenvalue weighted by molar-refractivity contribution is 6.00. The summed E-state index contributed by atoms with van der Waals surface area (Å²) in [6.07, 6.45) is 0. The highest BCUT2D eigenvalue weighted by Gasteiger charge is 2.26. The Bertz CT molecular complexity index is 1040. The molecule has 2 aromatic heterocycles. The van der Waals surface area contributed by atoms with Crippen LogP contribution in [-0.2, 0) is 0 Å². The molecule has 0 saturated heterocycles. The van der Waals surface area contributed by atoms with Crippen LogP contribution in [-0.4, -0.2) is 32.9 Å². The molecule has 140 valence electrons. The van der Waals surface area contributed by atoms with Crippen molar-refractivity contribution >= 4 is 22.8 Å². The number of rotatable bonds is 2. The molecular formula is C21H25N5O. The van der Waals surface area contributed by atoms with Crippen LogP contribution in [0.5, 0.6) is 0 Å². The molecule has 0 radical (unpaired) electrons. The Hall–Kier alpha value is -2.89. The predicted octanol–water partition coefficient (Wildman–Crippen LogP) is 3.99. The van der Waals surface area contributed by atoms with Crippen molar-refractivity contribution in [1.82, 2.24) is 20.3 Å². The third-order valence-electron chi connectivity index (χ3n) is 4.81. The van der Waals surface area contributed by atoms with Crippen LogP contribution in [0.25, 0.3) is 22.3 Å². The van der Waals surface area contributed by atoms with E-state index in [2.05, 4.69) is 43.3 Å². The molecule has 3 aromatic rings. The highest BCUT2D eigenvalue weighted by atomic mass is 16.1. The number of carbonyl (C=O) groups is 1. The molecule has 1 aromatic carbocycles. The molecule has 0 aliphatic carbocycles. The molecule has 1 amide bonds. The van der Waals surface area contributed by atoms with Crippen molar-refractivity contribution in [2.75, 3.05) is 11.9 Å². The summed E-state index contributed by atoms with van der Waals surface area (Å²) in [4.78, 5) is 25.3. The van der Waals surface area contributed by atoms with Gasteiger partial charge in [-0.15, -0.1) is 0 Å².